The predicted octanol–water partition coefficient (Wildman–Crippen LogP) is 5.50. The van der Waals surface area contributed by atoms with Gasteiger partial charge in [0.25, 0.3) is 0 Å². The summed E-state index contributed by atoms with van der Waals surface area (Å²) in [5, 5.41) is 10.7. The molecule has 3 rings (SSSR count). The molecule has 0 aliphatic heterocycles. The number of rotatable bonds is 8. The van der Waals surface area contributed by atoms with Crippen LogP contribution in [0.2, 0.25) is 18.1 Å². The van der Waals surface area contributed by atoms with Crippen molar-refractivity contribution < 1.29 is 14.3 Å². The van der Waals surface area contributed by atoms with Gasteiger partial charge in [0.1, 0.15) is 0 Å². The first-order valence-corrected chi connectivity index (χ1v) is 13.4. The molecule has 0 amide bonds. The highest BCUT2D eigenvalue weighted by atomic mass is 28.4. The zero-order valence-corrected chi connectivity index (χ0v) is 19.8. The van der Waals surface area contributed by atoms with E-state index in [-0.39, 0.29) is 16.8 Å². The van der Waals surface area contributed by atoms with E-state index >= 15 is 0 Å². The number of para-hydroxylation sites is 1. The van der Waals surface area contributed by atoms with Crippen LogP contribution in [0.3, 0.4) is 0 Å². The number of benzene rings is 1. The van der Waals surface area contributed by atoms with Crippen LogP contribution in [-0.4, -0.2) is 40.1 Å². The summed E-state index contributed by atoms with van der Waals surface area (Å²) in [6, 6.07) is 8.43. The van der Waals surface area contributed by atoms with E-state index in [1.807, 2.05) is 4.57 Å². The molecular weight excluding hydrogens is 394 g/mol. The second-order valence-electron chi connectivity index (χ2n) is 9.55. The Labute approximate surface area is 179 Å². The normalized spacial score (nSPS) is 13.7. The Morgan fingerprint density at radius 3 is 2.57 bits per heavy atom. The molecule has 0 spiro atoms. The maximum Gasteiger partial charge on any atom is 0.356 e. The maximum absolute atomic E-state index is 11.3. The SMILES string of the molecule is Cc1cn(CCC(CO[Si](C)(C)C(C)(C)C)n2cnc(C(=O)O)c2)c2ccccc12. The summed E-state index contributed by atoms with van der Waals surface area (Å²) in [5.74, 6) is -1.01. The van der Waals surface area contributed by atoms with Crippen molar-refractivity contribution in [2.45, 2.75) is 64.8 Å². The minimum Gasteiger partial charge on any atom is -0.476 e. The first-order valence-electron chi connectivity index (χ1n) is 10.4. The molecule has 1 aromatic carbocycles. The van der Waals surface area contributed by atoms with Gasteiger partial charge in [0.2, 0.25) is 0 Å². The Balaban J connectivity index is 1.82. The molecule has 0 aliphatic rings. The van der Waals surface area contributed by atoms with E-state index in [9.17, 15) is 9.90 Å². The van der Waals surface area contributed by atoms with E-state index in [1.165, 1.54) is 16.5 Å². The van der Waals surface area contributed by atoms with Gasteiger partial charge in [-0.05, 0) is 43.1 Å². The number of hydrogen-bond donors (Lipinski definition) is 1. The fourth-order valence-electron chi connectivity index (χ4n) is 3.39. The molecule has 30 heavy (non-hydrogen) atoms. The van der Waals surface area contributed by atoms with E-state index in [1.54, 1.807) is 12.5 Å². The number of carbonyl (C=O) groups is 1. The summed E-state index contributed by atoms with van der Waals surface area (Å²) >= 11 is 0. The number of aryl methyl sites for hydroxylation is 2. The molecule has 6 nitrogen and oxygen atoms in total. The van der Waals surface area contributed by atoms with Gasteiger partial charge in [0.15, 0.2) is 14.0 Å². The molecule has 0 saturated heterocycles. The van der Waals surface area contributed by atoms with Crippen molar-refractivity contribution in [2.75, 3.05) is 6.61 Å². The van der Waals surface area contributed by atoms with Crippen LogP contribution in [-0.2, 0) is 11.0 Å². The summed E-state index contributed by atoms with van der Waals surface area (Å²) in [5.41, 5.74) is 2.54. The fraction of sp³-hybridized carbons (Fsp3) is 0.478. The zero-order chi connectivity index (χ0) is 22.1. The number of carboxylic acids is 1. The standard InChI is InChI=1S/C23H33N3O3Si/c1-17-13-25(21-10-8-7-9-19(17)21)12-11-18(15-29-30(5,6)23(2,3)4)26-14-20(22(27)28)24-16-26/h7-10,13-14,16,18H,11-12,15H2,1-6H3,(H,27,28). The average molecular weight is 428 g/mol. The second-order valence-corrected chi connectivity index (χ2v) is 14.4. The molecule has 1 N–H and O–H groups in total. The first-order chi connectivity index (χ1) is 14.0. The van der Waals surface area contributed by atoms with E-state index < -0.39 is 14.3 Å². The Bertz CT molecular complexity index is 1030. The van der Waals surface area contributed by atoms with Crippen molar-refractivity contribution in [3.63, 3.8) is 0 Å². The smallest absolute Gasteiger partial charge is 0.356 e. The third-order valence-electron chi connectivity index (χ3n) is 6.38. The zero-order valence-electron chi connectivity index (χ0n) is 18.8. The number of imidazole rings is 1. The quantitative estimate of drug-likeness (QED) is 0.482. The highest BCUT2D eigenvalue weighted by Crippen LogP contribution is 2.37. The molecule has 0 saturated carbocycles. The molecule has 3 aromatic rings. The summed E-state index contributed by atoms with van der Waals surface area (Å²) in [6.07, 6.45) is 6.23. The molecule has 2 heterocycles. The van der Waals surface area contributed by atoms with E-state index in [0.717, 1.165) is 13.0 Å². The molecule has 0 bridgehead atoms. The Kier molecular flexibility index (Phi) is 6.24. The van der Waals surface area contributed by atoms with Crippen molar-refractivity contribution >= 4 is 25.2 Å². The van der Waals surface area contributed by atoms with Crippen molar-refractivity contribution in [2.24, 2.45) is 0 Å². The topological polar surface area (TPSA) is 69.3 Å². The van der Waals surface area contributed by atoms with Gasteiger partial charge in [-0.2, -0.15) is 0 Å². The van der Waals surface area contributed by atoms with Crippen LogP contribution in [0.15, 0.2) is 43.0 Å². The number of fused-ring (bicyclic) bond motifs is 1. The van der Waals surface area contributed by atoms with Crippen molar-refractivity contribution in [1.29, 1.82) is 0 Å². The van der Waals surface area contributed by atoms with Crippen molar-refractivity contribution in [3.8, 4) is 0 Å². The van der Waals surface area contributed by atoms with Gasteiger partial charge in [0, 0.05) is 29.8 Å². The molecule has 0 fully saturated rings. The second kappa shape index (κ2) is 8.39. The van der Waals surface area contributed by atoms with E-state index in [0.29, 0.717) is 6.61 Å². The minimum atomic E-state index is -1.92. The van der Waals surface area contributed by atoms with Gasteiger partial charge < -0.3 is 18.7 Å². The van der Waals surface area contributed by atoms with Gasteiger partial charge in [-0.1, -0.05) is 39.0 Å². The third-order valence-corrected chi connectivity index (χ3v) is 10.9. The summed E-state index contributed by atoms with van der Waals surface area (Å²) in [6.45, 7) is 14.7. The van der Waals surface area contributed by atoms with Crippen LogP contribution in [0.5, 0.6) is 0 Å². The Hall–Kier alpha value is -2.38. The maximum atomic E-state index is 11.3. The predicted molar refractivity (Wildman–Crippen MR) is 123 cm³/mol. The van der Waals surface area contributed by atoms with Crippen LogP contribution in [0.4, 0.5) is 0 Å². The lowest BCUT2D eigenvalue weighted by atomic mass is 10.2. The highest BCUT2D eigenvalue weighted by Gasteiger charge is 2.37. The third kappa shape index (κ3) is 4.68. The van der Waals surface area contributed by atoms with Gasteiger partial charge in [-0.15, -0.1) is 0 Å². The van der Waals surface area contributed by atoms with Gasteiger partial charge in [-0.25, -0.2) is 9.78 Å². The van der Waals surface area contributed by atoms with E-state index in [4.69, 9.17) is 4.43 Å². The largest absolute Gasteiger partial charge is 0.476 e. The Morgan fingerprint density at radius 1 is 1.23 bits per heavy atom. The van der Waals surface area contributed by atoms with E-state index in [2.05, 4.69) is 80.8 Å². The van der Waals surface area contributed by atoms with Gasteiger partial charge in [0.05, 0.1) is 19.0 Å². The van der Waals surface area contributed by atoms with Crippen LogP contribution in [0.25, 0.3) is 10.9 Å². The molecule has 0 aliphatic carbocycles. The highest BCUT2D eigenvalue weighted by molar-refractivity contribution is 6.74. The lowest BCUT2D eigenvalue weighted by Gasteiger charge is -2.37. The number of carboxylic acid groups (broad SMARTS) is 1. The Morgan fingerprint density at radius 2 is 1.93 bits per heavy atom. The summed E-state index contributed by atoms with van der Waals surface area (Å²) in [7, 11) is -1.92. The fourth-order valence-corrected chi connectivity index (χ4v) is 4.43. The number of aromatic carboxylic acids is 1. The number of nitrogens with zero attached hydrogens (tertiary/aromatic N) is 3. The first kappa shape index (κ1) is 22.3. The van der Waals surface area contributed by atoms with Crippen LogP contribution >= 0.6 is 0 Å². The molecule has 2 aromatic heterocycles. The summed E-state index contributed by atoms with van der Waals surface area (Å²) < 4.78 is 10.7. The summed E-state index contributed by atoms with van der Waals surface area (Å²) in [4.78, 5) is 15.4. The molecule has 1 atom stereocenters. The number of aromatic nitrogens is 3. The molecule has 162 valence electrons. The molecule has 1 unspecified atom stereocenters. The van der Waals surface area contributed by atoms with Gasteiger partial charge >= 0.3 is 5.97 Å². The van der Waals surface area contributed by atoms with Crippen LogP contribution < -0.4 is 0 Å². The van der Waals surface area contributed by atoms with Crippen LogP contribution in [0, 0.1) is 6.92 Å². The lowest BCUT2D eigenvalue weighted by molar-refractivity contribution is 0.0690. The molecular formula is C23H33N3O3Si. The lowest BCUT2D eigenvalue weighted by Crippen LogP contribution is -2.42. The van der Waals surface area contributed by atoms with Crippen molar-refractivity contribution in [1.82, 2.24) is 14.1 Å². The van der Waals surface area contributed by atoms with Crippen molar-refractivity contribution in [3.05, 3.63) is 54.2 Å². The molecule has 0 radical (unpaired) electrons. The van der Waals surface area contributed by atoms with Crippen LogP contribution in [0.1, 0.15) is 49.3 Å². The number of hydrogen-bond acceptors (Lipinski definition) is 3. The monoisotopic (exact) mass is 427 g/mol. The average Bonchev–Trinajstić information content (AvgIpc) is 3.27. The molecule has 7 heteroatoms. The van der Waals surface area contributed by atoms with Gasteiger partial charge in [-0.3, -0.25) is 0 Å². The minimum absolute atomic E-state index is 0.0150.